The lowest BCUT2D eigenvalue weighted by molar-refractivity contribution is -0.385. The molecule has 1 rings (SSSR count). The highest BCUT2D eigenvalue weighted by molar-refractivity contribution is 5.41. The van der Waals surface area contributed by atoms with Crippen LogP contribution in [-0.2, 0) is 0 Å². The zero-order chi connectivity index (χ0) is 12.0. The molecule has 80 valence electrons. The van der Waals surface area contributed by atoms with Crippen molar-refractivity contribution < 1.29 is 4.92 Å². The molecule has 0 atom stereocenters. The molecule has 0 aromatic heterocycles. The Hall–Kier alpha value is -2.76. The second-order valence-electron chi connectivity index (χ2n) is 2.60. The zero-order valence-electron chi connectivity index (χ0n) is 7.83. The van der Waals surface area contributed by atoms with Crippen LogP contribution in [0.25, 0.3) is 20.9 Å². The third kappa shape index (κ3) is 2.38. The smallest absolute Gasteiger partial charge is 0.258 e. The maximum absolute atomic E-state index is 10.7. The lowest BCUT2D eigenvalue weighted by atomic mass is 10.1. The summed E-state index contributed by atoms with van der Waals surface area (Å²) < 4.78 is 0. The average molecular weight is 219 g/mol. The monoisotopic (exact) mass is 219 g/mol. The summed E-state index contributed by atoms with van der Waals surface area (Å²) in [6, 6.07) is 5.59. The number of rotatable bonds is 4. The van der Waals surface area contributed by atoms with E-state index < -0.39 is 11.1 Å². The van der Waals surface area contributed by atoms with Gasteiger partial charge in [-0.1, -0.05) is 28.4 Å². The van der Waals surface area contributed by atoms with Crippen molar-refractivity contribution >= 4 is 5.69 Å². The minimum absolute atomic E-state index is 0.0584. The van der Waals surface area contributed by atoms with Crippen molar-refractivity contribution in [1.82, 2.24) is 0 Å². The lowest BCUT2D eigenvalue weighted by Gasteiger charge is -2.04. The van der Waals surface area contributed by atoms with Crippen molar-refractivity contribution in [2.24, 2.45) is 10.2 Å². The molecule has 1 aromatic carbocycles. The van der Waals surface area contributed by atoms with E-state index in [4.69, 9.17) is 11.1 Å². The highest BCUT2D eigenvalue weighted by atomic mass is 16.6. The standard InChI is InChI=1S/C7H5N7O2/c8-12-10-7(11-13-9)5-3-1-2-4-6(5)14(15)16/h1-4,7H. The Morgan fingerprint density at radius 1 is 1.25 bits per heavy atom. The first-order chi connectivity index (χ1) is 7.70. The number of hydrogen-bond acceptors (Lipinski definition) is 4. The second-order valence-corrected chi connectivity index (χ2v) is 2.60. The van der Waals surface area contributed by atoms with Crippen molar-refractivity contribution in [3.05, 3.63) is 60.8 Å². The Balaban J connectivity index is 3.33. The van der Waals surface area contributed by atoms with E-state index in [1.807, 2.05) is 0 Å². The van der Waals surface area contributed by atoms with Gasteiger partial charge in [-0.2, -0.15) is 0 Å². The van der Waals surface area contributed by atoms with E-state index in [1.54, 1.807) is 0 Å². The first-order valence-electron chi connectivity index (χ1n) is 4.02. The maximum atomic E-state index is 10.7. The number of benzene rings is 1. The highest BCUT2D eigenvalue weighted by Gasteiger charge is 2.19. The summed E-state index contributed by atoms with van der Waals surface area (Å²) in [6.07, 6.45) is -1.25. The molecule has 0 fully saturated rings. The second kappa shape index (κ2) is 5.20. The van der Waals surface area contributed by atoms with Gasteiger partial charge in [-0.3, -0.25) is 10.1 Å². The van der Waals surface area contributed by atoms with Gasteiger partial charge in [-0.15, -0.1) is 0 Å². The molecule has 1 aromatic rings. The number of para-hydroxylation sites is 1. The molecule has 0 saturated carbocycles. The van der Waals surface area contributed by atoms with Gasteiger partial charge in [0.2, 0.25) is 0 Å². The molecule has 0 aliphatic carbocycles. The van der Waals surface area contributed by atoms with Crippen LogP contribution in [0.5, 0.6) is 0 Å². The SMILES string of the molecule is [N-]=[N+]=NC(N=[N+]=[N-])c1ccccc1[N+](=O)[O-]. The molecule has 0 amide bonds. The van der Waals surface area contributed by atoms with Crippen molar-refractivity contribution in [3.8, 4) is 0 Å². The van der Waals surface area contributed by atoms with Crippen molar-refractivity contribution in [3.63, 3.8) is 0 Å². The molecule has 0 aliphatic heterocycles. The minimum Gasteiger partial charge on any atom is -0.258 e. The van der Waals surface area contributed by atoms with Gasteiger partial charge >= 0.3 is 0 Å². The summed E-state index contributed by atoms with van der Waals surface area (Å²) in [4.78, 5) is 15.0. The van der Waals surface area contributed by atoms with Gasteiger partial charge in [0, 0.05) is 21.5 Å². The van der Waals surface area contributed by atoms with Gasteiger partial charge in [-0.25, -0.2) is 0 Å². The first kappa shape index (κ1) is 11.3. The van der Waals surface area contributed by atoms with Crippen LogP contribution < -0.4 is 0 Å². The van der Waals surface area contributed by atoms with Crippen molar-refractivity contribution in [2.75, 3.05) is 0 Å². The molecular formula is C7H5N7O2. The van der Waals surface area contributed by atoms with Crippen LogP contribution >= 0.6 is 0 Å². The summed E-state index contributed by atoms with van der Waals surface area (Å²) in [5.74, 6) is 0. The van der Waals surface area contributed by atoms with E-state index in [-0.39, 0.29) is 11.3 Å². The molecule has 0 spiro atoms. The Morgan fingerprint density at radius 2 is 1.81 bits per heavy atom. The van der Waals surface area contributed by atoms with Gasteiger partial charge in [0.15, 0.2) is 0 Å². The summed E-state index contributed by atoms with van der Waals surface area (Å²) in [6.45, 7) is 0. The Morgan fingerprint density at radius 3 is 2.31 bits per heavy atom. The van der Waals surface area contributed by atoms with E-state index >= 15 is 0 Å². The van der Waals surface area contributed by atoms with Crippen LogP contribution in [0.15, 0.2) is 34.5 Å². The normalized spacial score (nSPS) is 10.8. The number of nitro benzene ring substituents is 1. The number of azide groups is 1. The summed E-state index contributed by atoms with van der Waals surface area (Å²) in [5.41, 5.74) is 16.3. The maximum Gasteiger partial charge on any atom is 0.273 e. The third-order valence-electron chi connectivity index (χ3n) is 1.73. The number of hydrogen-bond donors (Lipinski definition) is 0. The van der Waals surface area contributed by atoms with Gasteiger partial charge in [0.25, 0.3) is 5.69 Å². The predicted octanol–water partition coefficient (Wildman–Crippen LogP) is 3.21. The van der Waals surface area contributed by atoms with E-state index in [2.05, 4.69) is 20.1 Å². The van der Waals surface area contributed by atoms with Gasteiger partial charge < -0.3 is 0 Å². The summed E-state index contributed by atoms with van der Waals surface area (Å²) >= 11 is 0. The summed E-state index contributed by atoms with van der Waals surface area (Å²) in [7, 11) is 0. The molecule has 9 heteroatoms. The van der Waals surface area contributed by atoms with Crippen molar-refractivity contribution in [1.29, 1.82) is 0 Å². The largest absolute Gasteiger partial charge is 0.273 e. The molecule has 0 radical (unpaired) electrons. The Bertz CT molecular complexity index is 483. The third-order valence-corrected chi connectivity index (χ3v) is 1.73. The molecule has 16 heavy (non-hydrogen) atoms. The Labute approximate surface area is 88.7 Å². The van der Waals surface area contributed by atoms with E-state index in [0.717, 1.165) is 0 Å². The summed E-state index contributed by atoms with van der Waals surface area (Å²) in [5, 5.41) is 17.0. The van der Waals surface area contributed by atoms with Gasteiger partial charge in [0.1, 0.15) is 6.17 Å². The molecule has 9 nitrogen and oxygen atoms in total. The zero-order valence-corrected chi connectivity index (χ0v) is 7.83. The minimum atomic E-state index is -1.25. The van der Waals surface area contributed by atoms with Crippen LogP contribution in [0.3, 0.4) is 0 Å². The molecule has 0 unspecified atom stereocenters. The molecular weight excluding hydrogens is 214 g/mol. The quantitative estimate of drug-likeness (QED) is 0.252. The molecule has 0 saturated heterocycles. The number of nitro groups is 1. The van der Waals surface area contributed by atoms with Crippen LogP contribution in [0.1, 0.15) is 11.7 Å². The first-order valence-corrected chi connectivity index (χ1v) is 4.02. The van der Waals surface area contributed by atoms with E-state index in [9.17, 15) is 10.1 Å². The molecule has 0 heterocycles. The van der Waals surface area contributed by atoms with E-state index in [1.165, 1.54) is 24.3 Å². The van der Waals surface area contributed by atoms with Crippen LogP contribution in [-0.4, -0.2) is 4.92 Å². The Kier molecular flexibility index (Phi) is 3.68. The molecule has 0 N–H and O–H groups in total. The van der Waals surface area contributed by atoms with Gasteiger partial charge in [0.05, 0.1) is 4.92 Å². The fraction of sp³-hybridized carbons (Fsp3) is 0.143. The fourth-order valence-corrected chi connectivity index (χ4v) is 1.12. The lowest BCUT2D eigenvalue weighted by Crippen LogP contribution is -1.97. The average Bonchev–Trinajstić information content (AvgIpc) is 2.29. The fourth-order valence-electron chi connectivity index (χ4n) is 1.12. The van der Waals surface area contributed by atoms with Gasteiger partial charge in [-0.05, 0) is 11.1 Å². The predicted molar refractivity (Wildman–Crippen MR) is 54.1 cm³/mol. The van der Waals surface area contributed by atoms with E-state index in [0.29, 0.717) is 0 Å². The van der Waals surface area contributed by atoms with Crippen LogP contribution in [0.2, 0.25) is 0 Å². The number of nitrogens with zero attached hydrogens (tertiary/aromatic N) is 7. The van der Waals surface area contributed by atoms with Crippen molar-refractivity contribution in [2.45, 2.75) is 6.17 Å². The molecule has 0 bridgehead atoms. The van der Waals surface area contributed by atoms with Crippen LogP contribution in [0.4, 0.5) is 5.69 Å². The molecule has 0 aliphatic rings. The van der Waals surface area contributed by atoms with Crippen LogP contribution in [0, 0.1) is 10.1 Å². The topological polar surface area (TPSA) is 141 Å². The highest BCUT2D eigenvalue weighted by Crippen LogP contribution is 2.28.